The van der Waals surface area contributed by atoms with Gasteiger partial charge in [0.15, 0.2) is 5.41 Å². The zero-order valence-corrected chi connectivity index (χ0v) is 24.3. The normalized spacial score (nSPS) is 24.2. The number of carboxylic acid groups (broad SMARTS) is 1. The monoisotopic (exact) mass is 498 g/mol. The van der Waals surface area contributed by atoms with Crippen molar-refractivity contribution in [1.82, 2.24) is 0 Å². The number of ether oxygens (including phenoxy) is 1. The van der Waals surface area contributed by atoms with Crippen molar-refractivity contribution in [3.63, 3.8) is 0 Å². The second-order valence-corrected chi connectivity index (χ2v) is 11.3. The highest BCUT2D eigenvalue weighted by atomic mass is 16.5. The average molecular weight is 499 g/mol. The molecule has 36 heavy (non-hydrogen) atoms. The molecule has 0 bridgehead atoms. The molecular weight excluding hydrogens is 448 g/mol. The van der Waals surface area contributed by atoms with E-state index in [-0.39, 0.29) is 5.92 Å². The molecule has 0 aromatic rings. The van der Waals surface area contributed by atoms with E-state index in [0.717, 1.165) is 50.5 Å². The van der Waals surface area contributed by atoms with Gasteiger partial charge in [0.1, 0.15) is 0 Å². The lowest BCUT2D eigenvalue weighted by Gasteiger charge is -2.16. The lowest BCUT2D eigenvalue weighted by atomic mass is 9.89. The quantitative estimate of drug-likeness (QED) is 0.139. The summed E-state index contributed by atoms with van der Waals surface area (Å²) in [5, 5.41) is 10.2. The summed E-state index contributed by atoms with van der Waals surface area (Å²) in [5.41, 5.74) is 4.28. The summed E-state index contributed by atoms with van der Waals surface area (Å²) < 4.78 is 5.03. The minimum absolute atomic E-state index is 0.364. The summed E-state index contributed by atoms with van der Waals surface area (Å²) in [5.74, 6) is -2.08. The molecule has 4 nitrogen and oxygen atoms in total. The Labute approximate surface area is 220 Å². The Hall–Kier alpha value is -2.36. The number of methoxy groups -OCH3 is 1. The van der Waals surface area contributed by atoms with Crippen LogP contribution in [0.1, 0.15) is 107 Å². The van der Waals surface area contributed by atoms with Gasteiger partial charge in [-0.15, -0.1) is 0 Å². The minimum atomic E-state index is -1.51. The highest BCUT2D eigenvalue weighted by Gasteiger charge is 2.82. The van der Waals surface area contributed by atoms with Crippen molar-refractivity contribution >= 4 is 11.9 Å². The van der Waals surface area contributed by atoms with Crippen LogP contribution in [0, 0.1) is 16.7 Å². The molecule has 0 aromatic carbocycles. The van der Waals surface area contributed by atoms with Crippen molar-refractivity contribution in [3.05, 3.63) is 58.2 Å². The van der Waals surface area contributed by atoms with Gasteiger partial charge >= 0.3 is 11.9 Å². The fourth-order valence-electron chi connectivity index (χ4n) is 5.28. The summed E-state index contributed by atoms with van der Waals surface area (Å²) in [6.45, 7) is 16.7. The van der Waals surface area contributed by atoms with E-state index in [1.807, 2.05) is 19.9 Å². The first kappa shape index (κ1) is 31.7. The molecule has 0 amide bonds. The first-order chi connectivity index (χ1) is 16.8. The molecule has 0 radical (unpaired) electrons. The second kappa shape index (κ2) is 14.4. The van der Waals surface area contributed by atoms with Crippen molar-refractivity contribution in [2.45, 2.75) is 107 Å². The first-order valence-corrected chi connectivity index (χ1v) is 13.4. The van der Waals surface area contributed by atoms with Crippen LogP contribution in [0.5, 0.6) is 0 Å². The van der Waals surface area contributed by atoms with Crippen LogP contribution < -0.4 is 0 Å². The average Bonchev–Trinajstić information content (AvgIpc) is 3.30. The van der Waals surface area contributed by atoms with Crippen LogP contribution >= 0.6 is 0 Å². The van der Waals surface area contributed by atoms with Gasteiger partial charge in [0.2, 0.25) is 0 Å². The van der Waals surface area contributed by atoms with Crippen LogP contribution in [-0.4, -0.2) is 24.2 Å². The molecule has 0 spiro atoms. The molecular formula is C32H50O4. The van der Waals surface area contributed by atoms with Crippen LogP contribution in [0.3, 0.4) is 0 Å². The number of rotatable bonds is 15. The van der Waals surface area contributed by atoms with Crippen LogP contribution in [0.2, 0.25) is 0 Å². The summed E-state index contributed by atoms with van der Waals surface area (Å²) >= 11 is 0. The highest BCUT2D eigenvalue weighted by molar-refractivity contribution is 6.05. The Morgan fingerprint density at radius 1 is 0.750 bits per heavy atom. The van der Waals surface area contributed by atoms with E-state index in [9.17, 15) is 14.7 Å². The maximum absolute atomic E-state index is 12.8. The highest BCUT2D eigenvalue weighted by Crippen LogP contribution is 2.73. The summed E-state index contributed by atoms with van der Waals surface area (Å²) in [4.78, 5) is 25.3. The molecule has 0 aromatic heterocycles. The largest absolute Gasteiger partial charge is 0.480 e. The third-order valence-electron chi connectivity index (χ3n) is 7.64. The SMILES string of the molecule is COC(=O)C1(C(=O)O)C(C=C(C)CCC=C(C)CCC=C(C)C)C1(C)CCC=C(C)CCC=C(C)C. The Bertz CT molecular complexity index is 922. The number of esters is 1. The predicted molar refractivity (Wildman–Crippen MR) is 151 cm³/mol. The molecule has 1 fully saturated rings. The molecule has 0 saturated heterocycles. The van der Waals surface area contributed by atoms with Crippen molar-refractivity contribution in [3.8, 4) is 0 Å². The maximum Gasteiger partial charge on any atom is 0.324 e. The fourth-order valence-corrected chi connectivity index (χ4v) is 5.28. The van der Waals surface area contributed by atoms with Gasteiger partial charge in [0, 0.05) is 11.3 Å². The van der Waals surface area contributed by atoms with Crippen molar-refractivity contribution in [2.75, 3.05) is 7.11 Å². The van der Waals surface area contributed by atoms with E-state index in [0.29, 0.717) is 6.42 Å². The fraction of sp³-hybridized carbons (Fsp3) is 0.625. The Morgan fingerprint density at radius 2 is 1.19 bits per heavy atom. The molecule has 1 aliphatic rings. The van der Waals surface area contributed by atoms with Crippen LogP contribution in [0.15, 0.2) is 58.2 Å². The van der Waals surface area contributed by atoms with E-state index in [4.69, 9.17) is 4.74 Å². The number of carboxylic acids is 1. The lowest BCUT2D eigenvalue weighted by molar-refractivity contribution is -0.161. The second-order valence-electron chi connectivity index (χ2n) is 11.3. The number of carbonyl (C=O) groups is 2. The zero-order chi connectivity index (χ0) is 27.5. The summed E-state index contributed by atoms with van der Waals surface area (Å²) in [6, 6.07) is 0. The van der Waals surface area contributed by atoms with Crippen LogP contribution in [-0.2, 0) is 14.3 Å². The summed E-state index contributed by atoms with van der Waals surface area (Å²) in [6.07, 6.45) is 18.3. The van der Waals surface area contributed by atoms with Crippen molar-refractivity contribution < 1.29 is 19.4 Å². The van der Waals surface area contributed by atoms with Gasteiger partial charge in [0.25, 0.3) is 0 Å². The zero-order valence-electron chi connectivity index (χ0n) is 24.3. The van der Waals surface area contributed by atoms with Crippen molar-refractivity contribution in [2.24, 2.45) is 16.7 Å². The standard InChI is InChI=1S/C32H50O4/c1-23(2)14-10-16-25(5)18-12-19-27(7)22-28-31(8,32(28,29(33)34)30(35)36-9)21-13-20-26(6)17-11-15-24(3)4/h14-15,18,20,22,28H,10-13,16-17,19,21H2,1-9H3,(H,33,34). The van der Waals surface area contributed by atoms with Crippen LogP contribution in [0.25, 0.3) is 0 Å². The molecule has 1 N–H and O–H groups in total. The first-order valence-electron chi connectivity index (χ1n) is 13.4. The number of hydrogen-bond donors (Lipinski definition) is 1. The third-order valence-corrected chi connectivity index (χ3v) is 7.64. The van der Waals surface area contributed by atoms with Gasteiger partial charge < -0.3 is 9.84 Å². The molecule has 4 heteroatoms. The topological polar surface area (TPSA) is 63.6 Å². The molecule has 3 unspecified atom stereocenters. The van der Waals surface area contributed by atoms with E-state index in [1.54, 1.807) is 0 Å². The van der Waals surface area contributed by atoms with Gasteiger partial charge in [0.05, 0.1) is 7.11 Å². The number of allylic oxidation sites excluding steroid dienone is 10. The predicted octanol–water partition coefficient (Wildman–Crippen LogP) is 8.76. The Morgan fingerprint density at radius 3 is 1.64 bits per heavy atom. The molecule has 3 atom stereocenters. The molecule has 1 saturated carbocycles. The molecule has 1 rings (SSSR count). The number of hydrogen-bond acceptors (Lipinski definition) is 3. The van der Waals surface area contributed by atoms with E-state index in [2.05, 4.69) is 65.8 Å². The Balaban J connectivity index is 2.95. The van der Waals surface area contributed by atoms with Gasteiger partial charge in [-0.05, 0) is 99.8 Å². The lowest BCUT2D eigenvalue weighted by Crippen LogP contribution is -2.33. The van der Waals surface area contributed by atoms with Gasteiger partial charge in [-0.25, -0.2) is 0 Å². The van der Waals surface area contributed by atoms with E-state index in [1.165, 1.54) is 29.4 Å². The smallest absolute Gasteiger partial charge is 0.324 e. The third kappa shape index (κ3) is 8.35. The number of carbonyl (C=O) groups excluding carboxylic acids is 1. The van der Waals surface area contributed by atoms with Gasteiger partial charge in [-0.1, -0.05) is 65.2 Å². The van der Waals surface area contributed by atoms with Gasteiger partial charge in [-0.3, -0.25) is 9.59 Å². The minimum Gasteiger partial charge on any atom is -0.480 e. The number of aliphatic carboxylic acids is 1. The molecule has 1 aliphatic carbocycles. The van der Waals surface area contributed by atoms with E-state index >= 15 is 0 Å². The van der Waals surface area contributed by atoms with Crippen molar-refractivity contribution in [1.29, 1.82) is 0 Å². The van der Waals surface area contributed by atoms with E-state index < -0.39 is 22.8 Å². The summed E-state index contributed by atoms with van der Waals surface area (Å²) in [7, 11) is 1.29. The van der Waals surface area contributed by atoms with Crippen LogP contribution in [0.4, 0.5) is 0 Å². The Kier molecular flexibility index (Phi) is 12.7. The molecule has 0 heterocycles. The van der Waals surface area contributed by atoms with Gasteiger partial charge in [-0.2, -0.15) is 0 Å². The molecule has 0 aliphatic heterocycles. The molecule has 202 valence electrons. The maximum atomic E-state index is 12.8.